The first-order valence-corrected chi connectivity index (χ1v) is 4.98. The molecule has 0 fully saturated rings. The van der Waals surface area contributed by atoms with Crippen molar-refractivity contribution in [2.75, 3.05) is 7.11 Å². The van der Waals surface area contributed by atoms with E-state index in [4.69, 9.17) is 22.6 Å². The first-order chi connectivity index (χ1) is 7.58. The summed E-state index contributed by atoms with van der Waals surface area (Å²) in [5, 5.41) is 9.04. The molecule has 0 bridgehead atoms. The van der Waals surface area contributed by atoms with Gasteiger partial charge in [0.15, 0.2) is 0 Å². The van der Waals surface area contributed by atoms with Gasteiger partial charge in [0.1, 0.15) is 12.1 Å². The predicted molar refractivity (Wildman–Crippen MR) is 59.9 cm³/mol. The predicted octanol–water partition coefficient (Wildman–Crippen LogP) is 1.25. The number of nitriles is 1. The molecule has 0 unspecified atom stereocenters. The lowest BCUT2D eigenvalue weighted by Gasteiger charge is -2.09. The Morgan fingerprint density at radius 2 is 2.38 bits per heavy atom. The minimum atomic E-state index is -0.714. The molecule has 0 heterocycles. The van der Waals surface area contributed by atoms with Crippen LogP contribution in [-0.2, 0) is 16.0 Å². The highest BCUT2D eigenvalue weighted by atomic mass is 35.5. The van der Waals surface area contributed by atoms with E-state index in [9.17, 15) is 4.79 Å². The lowest BCUT2D eigenvalue weighted by atomic mass is 10.1. The molecule has 0 aromatic heterocycles. The van der Waals surface area contributed by atoms with Crippen molar-refractivity contribution in [3.63, 3.8) is 0 Å². The summed E-state index contributed by atoms with van der Waals surface area (Å²) in [7, 11) is 1.29. The first kappa shape index (κ1) is 12.5. The molecule has 2 N–H and O–H groups in total. The van der Waals surface area contributed by atoms with Crippen LogP contribution >= 0.6 is 11.6 Å². The minimum absolute atomic E-state index is 0.331. The van der Waals surface area contributed by atoms with E-state index in [1.807, 2.05) is 6.07 Å². The number of carbonyl (C=O) groups excluding carboxylic acids is 1. The summed E-state index contributed by atoms with van der Waals surface area (Å²) in [5.41, 5.74) is 6.79. The topological polar surface area (TPSA) is 76.1 Å². The number of halogens is 1. The molecule has 0 aliphatic rings. The Balaban J connectivity index is 2.80. The molecule has 0 amide bonds. The normalized spacial score (nSPS) is 11.6. The van der Waals surface area contributed by atoms with Crippen molar-refractivity contribution in [3.05, 3.63) is 34.3 Å². The Morgan fingerprint density at radius 3 is 2.88 bits per heavy atom. The van der Waals surface area contributed by atoms with Gasteiger partial charge >= 0.3 is 5.97 Å². The number of rotatable bonds is 3. The number of hydrogen-bond donors (Lipinski definition) is 1. The number of nitrogens with two attached hydrogens (primary N) is 1. The van der Waals surface area contributed by atoms with E-state index < -0.39 is 12.0 Å². The smallest absolute Gasteiger partial charge is 0.322 e. The monoisotopic (exact) mass is 238 g/mol. The molecule has 1 rings (SSSR count). The Labute approximate surface area is 98.6 Å². The largest absolute Gasteiger partial charge is 0.468 e. The molecule has 0 aliphatic carbocycles. The Kier molecular flexibility index (Phi) is 4.29. The zero-order chi connectivity index (χ0) is 12.1. The van der Waals surface area contributed by atoms with Crippen LogP contribution in [0.15, 0.2) is 18.2 Å². The van der Waals surface area contributed by atoms with Gasteiger partial charge < -0.3 is 10.5 Å². The van der Waals surface area contributed by atoms with Gasteiger partial charge in [0.05, 0.1) is 17.7 Å². The third-order valence-electron chi connectivity index (χ3n) is 2.11. The van der Waals surface area contributed by atoms with E-state index in [1.165, 1.54) is 7.11 Å². The van der Waals surface area contributed by atoms with Crippen LogP contribution in [0.25, 0.3) is 0 Å². The van der Waals surface area contributed by atoms with Gasteiger partial charge in [-0.3, -0.25) is 4.79 Å². The Hall–Kier alpha value is -1.57. The standard InChI is InChI=1S/C11H11ClN2O2/c1-16-11(15)10(14)5-7-2-3-8(6-13)9(12)4-7/h2-4,10H,5,14H2,1H3/t10-/m1/s1. The van der Waals surface area contributed by atoms with Crippen molar-refractivity contribution in [1.82, 2.24) is 0 Å². The summed E-state index contributed by atoms with van der Waals surface area (Å²) in [4.78, 5) is 11.1. The fraction of sp³-hybridized carbons (Fsp3) is 0.273. The van der Waals surface area contributed by atoms with Crippen LogP contribution in [0.5, 0.6) is 0 Å². The molecule has 4 nitrogen and oxygen atoms in total. The van der Waals surface area contributed by atoms with Gasteiger partial charge in [-0.1, -0.05) is 17.7 Å². The zero-order valence-electron chi connectivity index (χ0n) is 8.74. The maximum Gasteiger partial charge on any atom is 0.322 e. The average Bonchev–Trinajstić information content (AvgIpc) is 2.28. The molecule has 0 radical (unpaired) electrons. The van der Waals surface area contributed by atoms with Crippen molar-refractivity contribution in [1.29, 1.82) is 5.26 Å². The van der Waals surface area contributed by atoms with E-state index in [2.05, 4.69) is 4.74 Å². The van der Waals surface area contributed by atoms with E-state index in [0.717, 1.165) is 5.56 Å². The van der Waals surface area contributed by atoms with E-state index >= 15 is 0 Å². The molecule has 0 saturated heterocycles. The highest BCUT2D eigenvalue weighted by Gasteiger charge is 2.14. The van der Waals surface area contributed by atoms with E-state index in [-0.39, 0.29) is 0 Å². The molecule has 5 heteroatoms. The molecule has 0 aliphatic heterocycles. The first-order valence-electron chi connectivity index (χ1n) is 4.60. The van der Waals surface area contributed by atoms with E-state index in [0.29, 0.717) is 17.0 Å². The van der Waals surface area contributed by atoms with Crippen molar-refractivity contribution in [2.45, 2.75) is 12.5 Å². The third-order valence-corrected chi connectivity index (χ3v) is 2.43. The number of ether oxygens (including phenoxy) is 1. The molecule has 1 atom stereocenters. The van der Waals surface area contributed by atoms with Crippen molar-refractivity contribution in [3.8, 4) is 6.07 Å². The van der Waals surface area contributed by atoms with Crippen LogP contribution in [0.3, 0.4) is 0 Å². The van der Waals surface area contributed by atoms with Crippen molar-refractivity contribution in [2.24, 2.45) is 5.73 Å². The molecule has 1 aromatic carbocycles. The quantitative estimate of drug-likeness (QED) is 0.805. The average molecular weight is 239 g/mol. The maximum atomic E-state index is 11.1. The third kappa shape index (κ3) is 2.96. The highest BCUT2D eigenvalue weighted by molar-refractivity contribution is 6.31. The molecular weight excluding hydrogens is 228 g/mol. The lowest BCUT2D eigenvalue weighted by molar-refractivity contribution is -0.142. The second-order valence-corrected chi connectivity index (χ2v) is 3.67. The fourth-order valence-electron chi connectivity index (χ4n) is 1.26. The van der Waals surface area contributed by atoms with Gasteiger partial charge in [-0.05, 0) is 24.1 Å². The van der Waals surface area contributed by atoms with Crippen molar-refractivity contribution < 1.29 is 9.53 Å². The number of benzene rings is 1. The van der Waals surface area contributed by atoms with Crippen LogP contribution in [0.4, 0.5) is 0 Å². The second kappa shape index (κ2) is 5.50. The van der Waals surface area contributed by atoms with Gasteiger partial charge in [0.25, 0.3) is 0 Å². The van der Waals surface area contributed by atoms with Crippen LogP contribution < -0.4 is 5.73 Å². The van der Waals surface area contributed by atoms with Gasteiger partial charge in [0, 0.05) is 0 Å². The number of carbonyl (C=O) groups is 1. The van der Waals surface area contributed by atoms with Crippen LogP contribution in [0.1, 0.15) is 11.1 Å². The molecular formula is C11H11ClN2O2. The Morgan fingerprint density at radius 1 is 1.69 bits per heavy atom. The molecule has 0 saturated carbocycles. The summed E-state index contributed by atoms with van der Waals surface area (Å²) >= 11 is 5.85. The Bertz CT molecular complexity index is 440. The van der Waals surface area contributed by atoms with Crippen LogP contribution in [0.2, 0.25) is 5.02 Å². The van der Waals surface area contributed by atoms with Crippen molar-refractivity contribution >= 4 is 17.6 Å². The molecule has 0 spiro atoms. The van der Waals surface area contributed by atoms with Gasteiger partial charge in [-0.25, -0.2) is 0 Å². The number of hydrogen-bond acceptors (Lipinski definition) is 4. The zero-order valence-corrected chi connectivity index (χ0v) is 9.49. The lowest BCUT2D eigenvalue weighted by Crippen LogP contribution is -2.33. The minimum Gasteiger partial charge on any atom is -0.468 e. The number of esters is 1. The molecule has 84 valence electrons. The van der Waals surface area contributed by atoms with E-state index in [1.54, 1.807) is 18.2 Å². The van der Waals surface area contributed by atoms with Crippen LogP contribution in [0, 0.1) is 11.3 Å². The summed E-state index contributed by atoms with van der Waals surface area (Å²) in [6.45, 7) is 0. The fourth-order valence-corrected chi connectivity index (χ4v) is 1.51. The molecule has 1 aromatic rings. The number of methoxy groups -OCH3 is 1. The van der Waals surface area contributed by atoms with Crippen LogP contribution in [-0.4, -0.2) is 19.1 Å². The SMILES string of the molecule is COC(=O)[C@H](N)Cc1ccc(C#N)c(Cl)c1. The van der Waals surface area contributed by atoms with Gasteiger partial charge in [0.2, 0.25) is 0 Å². The summed E-state index contributed by atoms with van der Waals surface area (Å²) < 4.78 is 4.51. The number of nitrogens with zero attached hydrogens (tertiary/aromatic N) is 1. The summed E-state index contributed by atoms with van der Waals surface area (Å²) in [6, 6.07) is 6.18. The highest BCUT2D eigenvalue weighted by Crippen LogP contribution is 2.17. The maximum absolute atomic E-state index is 11.1. The summed E-state index contributed by atoms with van der Waals surface area (Å²) in [5.74, 6) is -0.472. The second-order valence-electron chi connectivity index (χ2n) is 3.26. The summed E-state index contributed by atoms with van der Waals surface area (Å²) in [6.07, 6.45) is 0.331. The molecule has 16 heavy (non-hydrogen) atoms. The van der Waals surface area contributed by atoms with Gasteiger partial charge in [-0.15, -0.1) is 0 Å². The van der Waals surface area contributed by atoms with Gasteiger partial charge in [-0.2, -0.15) is 5.26 Å².